The molecule has 1 aliphatic rings. The summed E-state index contributed by atoms with van der Waals surface area (Å²) in [5, 5.41) is 2.66. The summed E-state index contributed by atoms with van der Waals surface area (Å²) in [5.41, 5.74) is -0.647. The summed E-state index contributed by atoms with van der Waals surface area (Å²) in [5.74, 6) is -0.736. The number of nitrogens with zero attached hydrogens (tertiary/aromatic N) is 1. The van der Waals surface area contributed by atoms with Gasteiger partial charge in [0.25, 0.3) is 0 Å². The molecule has 0 aromatic carbocycles. The van der Waals surface area contributed by atoms with Crippen LogP contribution >= 0.6 is 0 Å². The SMILES string of the molecule is CC(C)[C@H](NC(=O)OC(C)(C)C)C(=O)N1CCC[C@H]1C(=O)O[Si](C)(C)C. The maximum Gasteiger partial charge on any atom is 0.408 e. The molecule has 1 N–H and O–H groups in total. The fraction of sp³-hybridized carbons (Fsp3) is 0.833. The highest BCUT2D eigenvalue weighted by Gasteiger charge is 2.40. The number of carbonyl (C=O) groups excluding carboxylic acids is 3. The maximum atomic E-state index is 13.0. The van der Waals surface area contributed by atoms with Gasteiger partial charge in [-0.05, 0) is 59.2 Å². The third kappa shape index (κ3) is 6.97. The summed E-state index contributed by atoms with van der Waals surface area (Å²) in [6.45, 7) is 15.3. The van der Waals surface area contributed by atoms with E-state index in [2.05, 4.69) is 5.32 Å². The van der Waals surface area contributed by atoms with Gasteiger partial charge in [-0.25, -0.2) is 4.79 Å². The summed E-state index contributed by atoms with van der Waals surface area (Å²) in [6.07, 6.45) is 0.700. The second-order valence-electron chi connectivity index (χ2n) is 9.09. The van der Waals surface area contributed by atoms with Gasteiger partial charge in [0.1, 0.15) is 17.7 Å². The molecule has 0 spiro atoms. The van der Waals surface area contributed by atoms with E-state index in [0.717, 1.165) is 6.42 Å². The lowest BCUT2D eigenvalue weighted by molar-refractivity contribution is -0.148. The van der Waals surface area contributed by atoms with Crippen molar-refractivity contribution in [3.63, 3.8) is 0 Å². The molecule has 7 nitrogen and oxygen atoms in total. The van der Waals surface area contributed by atoms with Gasteiger partial charge in [-0.15, -0.1) is 0 Å². The number of hydrogen-bond acceptors (Lipinski definition) is 5. The Morgan fingerprint density at radius 1 is 1.15 bits per heavy atom. The predicted molar refractivity (Wildman–Crippen MR) is 102 cm³/mol. The number of carbonyl (C=O) groups is 3. The second kappa shape index (κ2) is 8.41. The van der Waals surface area contributed by atoms with Crippen molar-refractivity contribution in [1.82, 2.24) is 10.2 Å². The molecule has 2 atom stereocenters. The van der Waals surface area contributed by atoms with E-state index in [1.54, 1.807) is 25.7 Å². The van der Waals surface area contributed by atoms with E-state index in [0.29, 0.717) is 13.0 Å². The molecule has 1 heterocycles. The summed E-state index contributed by atoms with van der Waals surface area (Å²) in [4.78, 5) is 39.2. The van der Waals surface area contributed by atoms with Crippen molar-refractivity contribution in [2.24, 2.45) is 5.92 Å². The van der Waals surface area contributed by atoms with Gasteiger partial charge in [-0.2, -0.15) is 0 Å². The summed E-state index contributed by atoms with van der Waals surface area (Å²) >= 11 is 0. The molecule has 1 fully saturated rings. The van der Waals surface area contributed by atoms with Gasteiger partial charge in [0.05, 0.1) is 0 Å². The van der Waals surface area contributed by atoms with Crippen LogP contribution < -0.4 is 5.32 Å². The molecule has 0 saturated carbocycles. The van der Waals surface area contributed by atoms with E-state index in [1.807, 2.05) is 33.5 Å². The Morgan fingerprint density at radius 2 is 1.73 bits per heavy atom. The number of rotatable bonds is 5. The fourth-order valence-corrected chi connectivity index (χ4v) is 3.51. The maximum absolute atomic E-state index is 13.0. The molecule has 0 unspecified atom stereocenters. The summed E-state index contributed by atoms with van der Waals surface area (Å²) < 4.78 is 10.8. The van der Waals surface area contributed by atoms with Gasteiger partial charge < -0.3 is 19.4 Å². The summed E-state index contributed by atoms with van der Waals surface area (Å²) in [7, 11) is -2.03. The first-order valence-electron chi connectivity index (χ1n) is 9.24. The Kier molecular flexibility index (Phi) is 7.27. The van der Waals surface area contributed by atoms with Crippen LogP contribution in [-0.4, -0.2) is 55.4 Å². The number of hydrogen-bond donors (Lipinski definition) is 1. The van der Waals surface area contributed by atoms with Crippen molar-refractivity contribution in [1.29, 1.82) is 0 Å². The zero-order valence-corrected chi connectivity index (χ0v) is 18.3. The molecule has 1 saturated heterocycles. The van der Waals surface area contributed by atoms with Crippen LogP contribution in [0.1, 0.15) is 47.5 Å². The van der Waals surface area contributed by atoms with E-state index < -0.39 is 32.1 Å². The Labute approximate surface area is 157 Å². The molecule has 0 bridgehead atoms. The number of amides is 2. The zero-order valence-electron chi connectivity index (χ0n) is 17.3. The Balaban J connectivity index is 2.87. The Morgan fingerprint density at radius 3 is 2.19 bits per heavy atom. The number of nitrogens with one attached hydrogen (secondary N) is 1. The minimum atomic E-state index is -2.03. The number of alkyl carbamates (subject to hydrolysis) is 1. The first kappa shape index (κ1) is 22.5. The van der Waals surface area contributed by atoms with Gasteiger partial charge in [-0.3, -0.25) is 9.59 Å². The topological polar surface area (TPSA) is 84.9 Å². The van der Waals surface area contributed by atoms with Crippen molar-refractivity contribution in [2.45, 2.75) is 84.8 Å². The standard InChI is InChI=1S/C18H34N2O5Si/c1-12(2)14(19-17(23)24-18(3,4)5)15(21)20-11-9-10-13(20)16(22)25-26(6,7)8/h12-14H,9-11H2,1-8H3,(H,19,23)/t13-,14-/m0/s1. The lowest BCUT2D eigenvalue weighted by atomic mass is 10.0. The first-order chi connectivity index (χ1) is 11.7. The van der Waals surface area contributed by atoms with E-state index in [4.69, 9.17) is 9.16 Å². The molecular formula is C18H34N2O5Si. The van der Waals surface area contributed by atoms with Gasteiger partial charge in [0.2, 0.25) is 14.2 Å². The molecule has 8 heteroatoms. The average Bonchev–Trinajstić information content (AvgIpc) is 2.89. The van der Waals surface area contributed by atoms with Crippen LogP contribution in [0.2, 0.25) is 19.6 Å². The molecule has 2 amide bonds. The van der Waals surface area contributed by atoms with Crippen LogP contribution in [0.5, 0.6) is 0 Å². The highest BCUT2D eigenvalue weighted by atomic mass is 28.4. The van der Waals surface area contributed by atoms with E-state index in [-0.39, 0.29) is 17.8 Å². The van der Waals surface area contributed by atoms with Crippen LogP contribution in [0.4, 0.5) is 4.79 Å². The monoisotopic (exact) mass is 386 g/mol. The Bertz CT molecular complexity index is 533. The van der Waals surface area contributed by atoms with Crippen molar-refractivity contribution in [2.75, 3.05) is 6.54 Å². The van der Waals surface area contributed by atoms with Gasteiger partial charge in [0, 0.05) is 6.54 Å². The quantitative estimate of drug-likeness (QED) is 0.734. The van der Waals surface area contributed by atoms with Gasteiger partial charge in [0.15, 0.2) is 0 Å². The smallest absolute Gasteiger partial charge is 0.408 e. The number of ether oxygens (including phenoxy) is 1. The van der Waals surface area contributed by atoms with Gasteiger partial charge in [-0.1, -0.05) is 13.8 Å². The van der Waals surface area contributed by atoms with Crippen molar-refractivity contribution in [3.8, 4) is 0 Å². The molecule has 0 aromatic heterocycles. The fourth-order valence-electron chi connectivity index (χ4n) is 2.77. The molecule has 1 aliphatic heterocycles. The molecular weight excluding hydrogens is 352 g/mol. The molecule has 150 valence electrons. The molecule has 0 radical (unpaired) electrons. The first-order valence-corrected chi connectivity index (χ1v) is 12.6. The van der Waals surface area contributed by atoms with E-state index >= 15 is 0 Å². The average molecular weight is 387 g/mol. The van der Waals surface area contributed by atoms with Crippen LogP contribution in [-0.2, 0) is 18.8 Å². The second-order valence-corrected chi connectivity index (χ2v) is 13.5. The zero-order chi connectivity index (χ0) is 20.3. The highest BCUT2D eigenvalue weighted by molar-refractivity contribution is 6.71. The van der Waals surface area contributed by atoms with Crippen LogP contribution in [0, 0.1) is 5.92 Å². The van der Waals surface area contributed by atoms with Crippen LogP contribution in [0.3, 0.4) is 0 Å². The van der Waals surface area contributed by atoms with Crippen LogP contribution in [0.25, 0.3) is 0 Å². The van der Waals surface area contributed by atoms with Crippen molar-refractivity contribution >= 4 is 26.3 Å². The third-order valence-electron chi connectivity index (χ3n) is 3.82. The normalized spacial score (nSPS) is 19.3. The predicted octanol–water partition coefficient (Wildman–Crippen LogP) is 2.90. The minimum absolute atomic E-state index is 0.135. The Hall–Kier alpha value is -1.57. The van der Waals surface area contributed by atoms with E-state index in [1.165, 1.54) is 0 Å². The van der Waals surface area contributed by atoms with E-state index in [9.17, 15) is 14.4 Å². The van der Waals surface area contributed by atoms with Crippen molar-refractivity contribution in [3.05, 3.63) is 0 Å². The van der Waals surface area contributed by atoms with Crippen LogP contribution in [0.15, 0.2) is 0 Å². The summed E-state index contributed by atoms with van der Waals surface area (Å²) in [6, 6.07) is -1.32. The van der Waals surface area contributed by atoms with Gasteiger partial charge >= 0.3 is 12.1 Å². The molecule has 26 heavy (non-hydrogen) atoms. The lowest BCUT2D eigenvalue weighted by Gasteiger charge is -2.32. The lowest BCUT2D eigenvalue weighted by Crippen LogP contribution is -2.55. The third-order valence-corrected chi connectivity index (χ3v) is 4.63. The molecule has 0 aliphatic carbocycles. The van der Waals surface area contributed by atoms with Crippen molar-refractivity contribution < 1.29 is 23.5 Å². The number of likely N-dealkylation sites (tertiary alicyclic amines) is 1. The highest BCUT2D eigenvalue weighted by Crippen LogP contribution is 2.23. The minimum Gasteiger partial charge on any atom is -0.518 e. The molecule has 1 rings (SSSR count). The largest absolute Gasteiger partial charge is 0.518 e. The molecule has 0 aromatic rings.